The lowest BCUT2D eigenvalue weighted by Crippen LogP contribution is -2.29. The van der Waals surface area contributed by atoms with Crippen LogP contribution in [0.5, 0.6) is 5.75 Å². The largest absolute Gasteiger partial charge is 0.422 e. The Morgan fingerprint density at radius 2 is 1.72 bits per heavy atom. The molecule has 25 heavy (non-hydrogen) atoms. The number of amides is 2. The average molecular weight is 335 g/mol. The van der Waals surface area contributed by atoms with Gasteiger partial charge in [-0.05, 0) is 43.2 Å². The van der Waals surface area contributed by atoms with E-state index in [1.54, 1.807) is 0 Å². The van der Waals surface area contributed by atoms with E-state index in [9.17, 15) is 14.4 Å². The second-order valence-corrected chi connectivity index (χ2v) is 5.88. The minimum atomic E-state index is -0.567. The third-order valence-electron chi connectivity index (χ3n) is 4.12. The summed E-state index contributed by atoms with van der Waals surface area (Å²) in [5.74, 6) is -0.873. The predicted molar refractivity (Wildman–Crippen MR) is 92.9 cm³/mol. The molecule has 0 spiro atoms. The van der Waals surface area contributed by atoms with Crippen LogP contribution in [0.1, 0.15) is 42.2 Å². The van der Waals surface area contributed by atoms with E-state index in [2.05, 4.69) is 6.58 Å². The lowest BCUT2D eigenvalue weighted by Gasteiger charge is -2.10. The Kier molecular flexibility index (Phi) is 4.23. The summed E-state index contributed by atoms with van der Waals surface area (Å²) in [6.07, 6.45) is 1.48. The molecule has 1 aliphatic heterocycles. The van der Waals surface area contributed by atoms with Crippen molar-refractivity contribution in [3.05, 3.63) is 76.9 Å². The average Bonchev–Trinajstić information content (AvgIpc) is 2.83. The molecule has 0 aromatic heterocycles. The van der Waals surface area contributed by atoms with Gasteiger partial charge >= 0.3 is 5.97 Å². The lowest BCUT2D eigenvalue weighted by atomic mass is 10.1. The topological polar surface area (TPSA) is 63.7 Å². The van der Waals surface area contributed by atoms with Gasteiger partial charge in [-0.2, -0.15) is 0 Å². The molecule has 0 fully saturated rings. The number of aryl methyl sites for hydroxylation is 2. The summed E-state index contributed by atoms with van der Waals surface area (Å²) in [5.41, 5.74) is 2.41. The van der Waals surface area contributed by atoms with E-state index in [0.29, 0.717) is 5.75 Å². The third-order valence-corrected chi connectivity index (χ3v) is 4.12. The molecule has 1 aliphatic rings. The number of rotatable bonds is 4. The maximum Gasteiger partial charge on any atom is 0.343 e. The molecule has 0 saturated heterocycles. The molecule has 2 aromatic rings. The second-order valence-electron chi connectivity index (χ2n) is 5.88. The van der Waals surface area contributed by atoms with E-state index < -0.39 is 11.9 Å². The molecule has 0 radical (unpaired) electrons. The van der Waals surface area contributed by atoms with Crippen LogP contribution >= 0.6 is 0 Å². The molecule has 0 unspecified atom stereocenters. The summed E-state index contributed by atoms with van der Waals surface area (Å²) in [6, 6.07) is 9.99. The van der Waals surface area contributed by atoms with Gasteiger partial charge in [-0.15, -0.1) is 6.58 Å². The Labute approximate surface area is 145 Å². The van der Waals surface area contributed by atoms with Crippen LogP contribution in [0.3, 0.4) is 0 Å². The molecular formula is C20H17NO4. The van der Waals surface area contributed by atoms with Crippen molar-refractivity contribution in [2.24, 2.45) is 0 Å². The fraction of sp³-hybridized carbons (Fsp3) is 0.150. The Bertz CT molecular complexity index is 894. The molecule has 0 atom stereocenters. The molecule has 3 rings (SSSR count). The van der Waals surface area contributed by atoms with Gasteiger partial charge in [0.05, 0.1) is 16.7 Å². The van der Waals surface area contributed by atoms with E-state index in [1.165, 1.54) is 24.3 Å². The van der Waals surface area contributed by atoms with Crippen LogP contribution in [0.25, 0.3) is 0 Å². The van der Waals surface area contributed by atoms with Crippen LogP contribution in [0.4, 0.5) is 0 Å². The van der Waals surface area contributed by atoms with Crippen molar-refractivity contribution in [3.8, 4) is 5.75 Å². The smallest absolute Gasteiger partial charge is 0.343 e. The van der Waals surface area contributed by atoms with Crippen molar-refractivity contribution < 1.29 is 19.1 Å². The maximum atomic E-state index is 12.5. The highest BCUT2D eigenvalue weighted by molar-refractivity contribution is 6.22. The van der Waals surface area contributed by atoms with Crippen LogP contribution in [-0.4, -0.2) is 29.2 Å². The van der Waals surface area contributed by atoms with E-state index in [4.69, 9.17) is 4.74 Å². The number of imide groups is 1. The minimum Gasteiger partial charge on any atom is -0.422 e. The number of para-hydroxylation sites is 1. The predicted octanol–water partition coefficient (Wildman–Crippen LogP) is 3.30. The van der Waals surface area contributed by atoms with Crippen molar-refractivity contribution in [1.29, 1.82) is 0 Å². The van der Waals surface area contributed by atoms with Crippen molar-refractivity contribution in [1.82, 2.24) is 4.90 Å². The first-order valence-corrected chi connectivity index (χ1v) is 7.83. The van der Waals surface area contributed by atoms with Gasteiger partial charge in [0, 0.05) is 6.54 Å². The number of carbonyl (C=O) groups is 3. The van der Waals surface area contributed by atoms with Crippen molar-refractivity contribution in [2.75, 3.05) is 6.54 Å². The first-order chi connectivity index (χ1) is 11.9. The molecule has 5 nitrogen and oxygen atoms in total. The molecule has 2 aromatic carbocycles. The number of hydrogen-bond donors (Lipinski definition) is 0. The molecule has 0 aliphatic carbocycles. The summed E-state index contributed by atoms with van der Waals surface area (Å²) in [7, 11) is 0. The number of esters is 1. The van der Waals surface area contributed by atoms with Gasteiger partial charge < -0.3 is 4.74 Å². The number of benzene rings is 2. The number of nitrogens with zero attached hydrogens (tertiary/aromatic N) is 1. The highest BCUT2D eigenvalue weighted by atomic mass is 16.5. The molecule has 5 heteroatoms. The van der Waals surface area contributed by atoms with Gasteiger partial charge in [-0.1, -0.05) is 24.3 Å². The third kappa shape index (κ3) is 2.85. The Hall–Kier alpha value is -3.21. The van der Waals surface area contributed by atoms with E-state index >= 15 is 0 Å². The van der Waals surface area contributed by atoms with Crippen LogP contribution < -0.4 is 4.74 Å². The van der Waals surface area contributed by atoms with Crippen molar-refractivity contribution >= 4 is 17.8 Å². The van der Waals surface area contributed by atoms with Crippen LogP contribution in [0, 0.1) is 13.8 Å². The zero-order valence-electron chi connectivity index (χ0n) is 14.0. The van der Waals surface area contributed by atoms with Crippen molar-refractivity contribution in [3.63, 3.8) is 0 Å². The molecule has 0 N–H and O–H groups in total. The quantitative estimate of drug-likeness (QED) is 0.372. The molecular weight excluding hydrogens is 318 g/mol. The molecule has 126 valence electrons. The highest BCUT2D eigenvalue weighted by Gasteiger charge is 2.35. The molecule has 0 bridgehead atoms. The van der Waals surface area contributed by atoms with E-state index in [1.807, 2.05) is 32.0 Å². The summed E-state index contributed by atoms with van der Waals surface area (Å²) in [6.45, 7) is 7.39. The second kappa shape index (κ2) is 6.36. The summed E-state index contributed by atoms with van der Waals surface area (Å²) in [5, 5.41) is 0. The Morgan fingerprint density at radius 1 is 1.08 bits per heavy atom. The number of carbonyl (C=O) groups excluding carboxylic acids is 3. The first-order valence-electron chi connectivity index (χ1n) is 7.83. The number of fused-ring (bicyclic) bond motifs is 1. The fourth-order valence-electron chi connectivity index (χ4n) is 2.82. The van der Waals surface area contributed by atoms with Gasteiger partial charge in [-0.3, -0.25) is 14.5 Å². The normalized spacial score (nSPS) is 13.0. The summed E-state index contributed by atoms with van der Waals surface area (Å²) < 4.78 is 5.49. The highest BCUT2D eigenvalue weighted by Crippen LogP contribution is 2.26. The summed E-state index contributed by atoms with van der Waals surface area (Å²) >= 11 is 0. The van der Waals surface area contributed by atoms with E-state index in [0.717, 1.165) is 16.0 Å². The fourth-order valence-corrected chi connectivity index (χ4v) is 2.82. The Balaban J connectivity index is 1.91. The van der Waals surface area contributed by atoms with Gasteiger partial charge in [0.1, 0.15) is 5.75 Å². The zero-order chi connectivity index (χ0) is 18.1. The monoisotopic (exact) mass is 335 g/mol. The lowest BCUT2D eigenvalue weighted by molar-refractivity contribution is 0.0671. The molecule has 0 saturated carbocycles. The van der Waals surface area contributed by atoms with Gasteiger partial charge in [0.25, 0.3) is 11.8 Å². The van der Waals surface area contributed by atoms with Gasteiger partial charge in [0.15, 0.2) is 0 Å². The number of hydrogen-bond acceptors (Lipinski definition) is 4. The molecule has 2 amide bonds. The molecule has 1 heterocycles. The Morgan fingerprint density at radius 3 is 2.36 bits per heavy atom. The SMILES string of the molecule is C=CCN1C(=O)c2ccc(C(=O)Oc3c(C)cccc3C)cc2C1=O. The van der Waals surface area contributed by atoms with Crippen LogP contribution in [0.15, 0.2) is 49.1 Å². The first kappa shape index (κ1) is 16.6. The maximum absolute atomic E-state index is 12.5. The van der Waals surface area contributed by atoms with Gasteiger partial charge in [0.2, 0.25) is 0 Å². The van der Waals surface area contributed by atoms with E-state index in [-0.39, 0.29) is 29.1 Å². The van der Waals surface area contributed by atoms with Gasteiger partial charge in [-0.25, -0.2) is 4.79 Å². The zero-order valence-corrected chi connectivity index (χ0v) is 14.0. The standard InChI is InChI=1S/C20H17NO4/c1-4-10-21-18(22)15-9-8-14(11-16(15)19(21)23)20(24)25-17-12(2)6-5-7-13(17)3/h4-9,11H,1,10H2,2-3H3. The minimum absolute atomic E-state index is 0.133. The van der Waals surface area contributed by atoms with Crippen molar-refractivity contribution in [2.45, 2.75) is 13.8 Å². The number of ether oxygens (including phenoxy) is 1. The summed E-state index contributed by atoms with van der Waals surface area (Å²) in [4.78, 5) is 38.1. The van der Waals surface area contributed by atoms with Crippen LogP contribution in [0.2, 0.25) is 0 Å². The van der Waals surface area contributed by atoms with Crippen LogP contribution in [-0.2, 0) is 0 Å².